The van der Waals surface area contributed by atoms with Gasteiger partial charge in [-0.2, -0.15) is 0 Å². The topological polar surface area (TPSA) is 47.2 Å². The smallest absolute Gasteiger partial charge is 0.384 e. The zero-order chi connectivity index (χ0) is 12.4. The molecule has 4 aromatic heterocycles. The minimum atomic E-state index is 0.764. The van der Waals surface area contributed by atoms with Gasteiger partial charge >= 0.3 is 5.89 Å². The van der Waals surface area contributed by atoms with Crippen molar-refractivity contribution in [1.82, 2.24) is 14.4 Å². The van der Waals surface area contributed by atoms with E-state index in [9.17, 15) is 0 Å². The second-order valence-corrected chi connectivity index (χ2v) is 4.71. The molecule has 0 unspecified atom stereocenters. The molecule has 1 aliphatic heterocycles. The van der Waals surface area contributed by atoms with Crippen LogP contribution in [-0.2, 0) is 6.54 Å². The Balaban J connectivity index is 1.94. The van der Waals surface area contributed by atoms with E-state index in [-0.39, 0.29) is 0 Å². The molecular weight excluding hydrogens is 240 g/mol. The van der Waals surface area contributed by atoms with Crippen LogP contribution in [0.4, 0.5) is 0 Å². The molecule has 1 aliphatic rings. The van der Waals surface area contributed by atoms with E-state index in [0.29, 0.717) is 0 Å². The fraction of sp³-hybridized carbons (Fsp3) is 0.0714. The molecule has 0 radical (unpaired) electrons. The third-order valence-electron chi connectivity index (χ3n) is 3.67. The van der Waals surface area contributed by atoms with Gasteiger partial charge in [-0.1, -0.05) is 0 Å². The van der Waals surface area contributed by atoms with Crippen LogP contribution in [0.1, 0.15) is 5.69 Å². The van der Waals surface area contributed by atoms with E-state index in [2.05, 4.69) is 20.6 Å². The first-order valence-corrected chi connectivity index (χ1v) is 6.13. The molecule has 0 saturated heterocycles. The van der Waals surface area contributed by atoms with Crippen LogP contribution in [0.3, 0.4) is 0 Å². The van der Waals surface area contributed by atoms with Gasteiger partial charge < -0.3 is 4.42 Å². The second-order valence-electron chi connectivity index (χ2n) is 4.71. The van der Waals surface area contributed by atoms with Crippen LogP contribution in [0.5, 0.6) is 0 Å². The predicted molar refractivity (Wildman–Crippen MR) is 67.5 cm³/mol. The van der Waals surface area contributed by atoms with Crippen molar-refractivity contribution in [1.29, 1.82) is 0 Å². The van der Waals surface area contributed by atoms with Gasteiger partial charge in [-0.15, -0.1) is 4.57 Å². The van der Waals surface area contributed by atoms with E-state index in [1.165, 1.54) is 0 Å². The van der Waals surface area contributed by atoms with Crippen molar-refractivity contribution >= 4 is 16.6 Å². The first-order valence-electron chi connectivity index (χ1n) is 6.13. The first-order chi connectivity index (χ1) is 9.42. The number of nitrogens with zero attached hydrogens (tertiary/aromatic N) is 4. The summed E-state index contributed by atoms with van der Waals surface area (Å²) < 4.78 is 10.2. The van der Waals surface area contributed by atoms with Gasteiger partial charge in [0.1, 0.15) is 16.8 Å². The van der Waals surface area contributed by atoms with E-state index in [1.54, 1.807) is 12.5 Å². The van der Waals surface area contributed by atoms with Gasteiger partial charge in [-0.3, -0.25) is 9.38 Å². The molecule has 5 nitrogen and oxygen atoms in total. The number of oxazole rings is 1. The summed E-state index contributed by atoms with van der Waals surface area (Å²) in [5.74, 6) is 0.896. The summed E-state index contributed by atoms with van der Waals surface area (Å²) in [6, 6.07) is 6.00. The van der Waals surface area contributed by atoms with Gasteiger partial charge in [0.25, 0.3) is 5.52 Å². The molecule has 4 aromatic rings. The normalized spacial score (nSPS) is 13.1. The fourth-order valence-corrected chi connectivity index (χ4v) is 2.86. The Morgan fingerprint density at radius 3 is 3.26 bits per heavy atom. The van der Waals surface area contributed by atoms with Crippen molar-refractivity contribution in [3.63, 3.8) is 0 Å². The maximum absolute atomic E-state index is 6.00. The maximum Gasteiger partial charge on any atom is 0.384 e. The molecule has 19 heavy (non-hydrogen) atoms. The standard InChI is InChI=1S/C14H9N4O/c1-2-9-10(16-4-1)6-18-13-11-3-5-15-8-17(11)7-12(13)19-14(9)18/h1-5,7-8H,6H2/q+1. The van der Waals surface area contributed by atoms with Gasteiger partial charge in [0.2, 0.25) is 5.58 Å². The lowest BCUT2D eigenvalue weighted by molar-refractivity contribution is -0.649. The van der Waals surface area contributed by atoms with Crippen LogP contribution in [-0.4, -0.2) is 14.4 Å². The maximum atomic E-state index is 6.00. The molecule has 0 aliphatic carbocycles. The number of aromatic nitrogens is 4. The summed E-state index contributed by atoms with van der Waals surface area (Å²) in [5.41, 5.74) is 5.25. The van der Waals surface area contributed by atoms with E-state index in [4.69, 9.17) is 4.42 Å². The van der Waals surface area contributed by atoms with Crippen LogP contribution in [0.25, 0.3) is 28.1 Å². The van der Waals surface area contributed by atoms with Gasteiger partial charge in [-0.05, 0) is 18.2 Å². The van der Waals surface area contributed by atoms with Crippen LogP contribution >= 0.6 is 0 Å². The highest BCUT2D eigenvalue weighted by molar-refractivity contribution is 5.88. The lowest BCUT2D eigenvalue weighted by Gasteiger charge is -1.89. The number of pyridine rings is 1. The molecule has 0 N–H and O–H groups in total. The zero-order valence-corrected chi connectivity index (χ0v) is 9.95. The third kappa shape index (κ3) is 1.03. The Morgan fingerprint density at radius 2 is 2.26 bits per heavy atom. The Morgan fingerprint density at radius 1 is 1.26 bits per heavy atom. The molecule has 0 fully saturated rings. The summed E-state index contributed by atoms with van der Waals surface area (Å²) in [6.45, 7) is 0.764. The minimum Gasteiger partial charge on any atom is -0.396 e. The number of hydrogen-bond acceptors (Lipinski definition) is 3. The van der Waals surface area contributed by atoms with Crippen molar-refractivity contribution in [2.24, 2.45) is 0 Å². The summed E-state index contributed by atoms with van der Waals surface area (Å²) in [4.78, 5) is 8.54. The van der Waals surface area contributed by atoms with Crippen molar-refractivity contribution < 1.29 is 8.98 Å². The Kier molecular flexibility index (Phi) is 1.46. The van der Waals surface area contributed by atoms with E-state index in [0.717, 1.165) is 40.3 Å². The Labute approximate surface area is 107 Å². The number of rotatable bonds is 0. The lowest BCUT2D eigenvalue weighted by atomic mass is 10.2. The van der Waals surface area contributed by atoms with Crippen LogP contribution in [0.2, 0.25) is 0 Å². The first kappa shape index (κ1) is 9.27. The summed E-state index contributed by atoms with van der Waals surface area (Å²) in [6.07, 6.45) is 7.39. The fourth-order valence-electron chi connectivity index (χ4n) is 2.86. The summed E-state index contributed by atoms with van der Waals surface area (Å²) >= 11 is 0. The molecule has 0 aromatic carbocycles. The lowest BCUT2D eigenvalue weighted by Crippen LogP contribution is -2.30. The molecule has 5 rings (SSSR count). The molecule has 0 spiro atoms. The summed E-state index contributed by atoms with van der Waals surface area (Å²) in [5, 5.41) is 0. The predicted octanol–water partition coefficient (Wildman–Crippen LogP) is 1.79. The molecule has 5 heterocycles. The molecule has 0 bridgehead atoms. The second kappa shape index (κ2) is 3.00. The van der Waals surface area contributed by atoms with Gasteiger partial charge in [0.15, 0.2) is 6.54 Å². The van der Waals surface area contributed by atoms with E-state index in [1.807, 2.05) is 28.9 Å². The van der Waals surface area contributed by atoms with E-state index < -0.39 is 0 Å². The Hall–Kier alpha value is -2.69. The van der Waals surface area contributed by atoms with Crippen molar-refractivity contribution in [2.75, 3.05) is 0 Å². The monoisotopic (exact) mass is 249 g/mol. The average molecular weight is 249 g/mol. The van der Waals surface area contributed by atoms with Gasteiger partial charge in [0, 0.05) is 12.4 Å². The minimum absolute atomic E-state index is 0.764. The highest BCUT2D eigenvalue weighted by atomic mass is 16.4. The van der Waals surface area contributed by atoms with Gasteiger partial charge in [-0.25, -0.2) is 4.98 Å². The average Bonchev–Trinajstić information content (AvgIpc) is 3.05. The van der Waals surface area contributed by atoms with Crippen LogP contribution in [0, 0.1) is 0 Å². The van der Waals surface area contributed by atoms with Crippen LogP contribution in [0.15, 0.2) is 47.5 Å². The van der Waals surface area contributed by atoms with Crippen molar-refractivity contribution in [3.8, 4) is 11.5 Å². The molecule has 90 valence electrons. The highest BCUT2D eigenvalue weighted by Gasteiger charge is 2.36. The van der Waals surface area contributed by atoms with Crippen molar-refractivity contribution in [3.05, 3.63) is 48.8 Å². The van der Waals surface area contributed by atoms with E-state index >= 15 is 0 Å². The highest BCUT2D eigenvalue weighted by Crippen LogP contribution is 2.31. The number of fused-ring (bicyclic) bond motifs is 7. The Bertz CT molecular complexity index is 951. The third-order valence-corrected chi connectivity index (χ3v) is 3.67. The van der Waals surface area contributed by atoms with Gasteiger partial charge in [0.05, 0.1) is 12.5 Å². The molecular formula is C14H9N4O+. The summed E-state index contributed by atoms with van der Waals surface area (Å²) in [7, 11) is 0. The zero-order valence-electron chi connectivity index (χ0n) is 9.95. The van der Waals surface area contributed by atoms with Crippen LogP contribution < -0.4 is 4.57 Å². The van der Waals surface area contributed by atoms with Crippen molar-refractivity contribution in [2.45, 2.75) is 6.54 Å². The molecule has 5 heteroatoms. The number of hydrogen-bond donors (Lipinski definition) is 0. The largest absolute Gasteiger partial charge is 0.396 e. The molecule has 0 atom stereocenters. The molecule has 0 saturated carbocycles. The quantitative estimate of drug-likeness (QED) is 0.393. The molecule has 0 amide bonds. The SMILES string of the molecule is c1cnc2c(c1)-c1oc3cn4cnccc4c3[n+]1C2.